The van der Waals surface area contributed by atoms with Gasteiger partial charge in [0.15, 0.2) is 0 Å². The third-order valence-electron chi connectivity index (χ3n) is 8.90. The van der Waals surface area contributed by atoms with Crippen molar-refractivity contribution in [3.05, 3.63) is 86.8 Å². The number of hydrogen-bond acceptors (Lipinski definition) is 7. The highest BCUT2D eigenvalue weighted by molar-refractivity contribution is 7.20. The summed E-state index contributed by atoms with van der Waals surface area (Å²) < 4.78 is 0. The summed E-state index contributed by atoms with van der Waals surface area (Å²) in [5, 5.41) is 17.5. The van der Waals surface area contributed by atoms with Gasteiger partial charge < -0.3 is 26.0 Å². The normalized spacial score (nSPS) is 18.2. The number of aromatic nitrogens is 2. The average molecular weight is 644 g/mol. The van der Waals surface area contributed by atoms with Crippen molar-refractivity contribution in [2.75, 3.05) is 13.1 Å². The smallest absolute Gasteiger partial charge is 0.290 e. The van der Waals surface area contributed by atoms with Gasteiger partial charge in [0.05, 0.1) is 10.9 Å². The number of H-pyrrole nitrogens is 1. The molecule has 242 valence electrons. The molecule has 3 atom stereocenters. The molecule has 4 aromatic rings. The Morgan fingerprint density at radius 2 is 1.85 bits per heavy atom. The van der Waals surface area contributed by atoms with Crippen LogP contribution in [0.5, 0.6) is 0 Å². The second kappa shape index (κ2) is 14.4. The highest BCUT2D eigenvalue weighted by Gasteiger charge is 2.30. The Hall–Kier alpha value is -4.35. The molecule has 0 saturated carbocycles. The van der Waals surface area contributed by atoms with Crippen molar-refractivity contribution in [3.63, 3.8) is 0 Å². The molecule has 1 fully saturated rings. The Morgan fingerprint density at radius 3 is 2.50 bits per heavy atom. The fraction of sp³-hybridized carbons (Fsp3) is 0.400. The zero-order valence-corrected chi connectivity index (χ0v) is 27.2. The summed E-state index contributed by atoms with van der Waals surface area (Å²) in [6, 6.07) is 15.5. The Kier molecular flexibility index (Phi) is 10.3. The maximum absolute atomic E-state index is 13.6. The van der Waals surface area contributed by atoms with E-state index in [2.05, 4.69) is 47.8 Å². The molecule has 11 heteroatoms. The van der Waals surface area contributed by atoms with Gasteiger partial charge in [0.1, 0.15) is 4.83 Å². The van der Waals surface area contributed by atoms with Crippen molar-refractivity contribution < 1.29 is 19.5 Å². The van der Waals surface area contributed by atoms with Gasteiger partial charge in [0.25, 0.3) is 12.4 Å². The number of carbonyl (C=O) groups is 3. The lowest BCUT2D eigenvalue weighted by Gasteiger charge is -2.34. The van der Waals surface area contributed by atoms with Crippen LogP contribution in [0.4, 0.5) is 0 Å². The number of carbonyl (C=O) groups excluding carboxylic acids is 2. The van der Waals surface area contributed by atoms with Gasteiger partial charge in [0.2, 0.25) is 11.5 Å². The molecule has 2 amide bonds. The van der Waals surface area contributed by atoms with Crippen LogP contribution in [0.15, 0.2) is 59.5 Å². The first-order chi connectivity index (χ1) is 22.0. The molecule has 1 aliphatic carbocycles. The molecule has 5 N–H and O–H groups in total. The molecule has 3 aromatic heterocycles. The Morgan fingerprint density at radius 1 is 1.11 bits per heavy atom. The first kappa shape index (κ1) is 33.0. The molecule has 4 heterocycles. The second-order valence-corrected chi connectivity index (χ2v) is 14.1. The standard InChI is InChI=1S/C34H39N5O3S.CH2O2/c1-34(2,3)25-9-10-27-23(15-25)14-24-16-29(43-33(24)39-27)32(42)38-28(12-13-35-26-17-31(41)37-19-26)21-6-4-20(5-7-21)22-8-11-30(40)36-18-22;2-1-3/h4-8,11,14,16,18,25-26,28,35H,9-10,12-13,15,17,19H2,1-3H3,(H,36,40)(H,37,41)(H,38,42);1H,(H,2,3)/t25-,26?,28+;/m0./s1. The maximum Gasteiger partial charge on any atom is 0.290 e. The van der Waals surface area contributed by atoms with Crippen LogP contribution in [0, 0.1) is 11.3 Å². The number of nitrogens with zero attached hydrogens (tertiary/aromatic N) is 1. The highest BCUT2D eigenvalue weighted by Crippen LogP contribution is 2.38. The fourth-order valence-electron chi connectivity index (χ4n) is 6.21. The minimum Gasteiger partial charge on any atom is -0.483 e. The number of hydrogen-bond donors (Lipinski definition) is 5. The summed E-state index contributed by atoms with van der Waals surface area (Å²) in [5.41, 5.74) is 5.50. The van der Waals surface area contributed by atoms with Crippen molar-refractivity contribution in [3.8, 4) is 11.1 Å². The predicted octanol–water partition coefficient (Wildman–Crippen LogP) is 4.84. The van der Waals surface area contributed by atoms with Crippen LogP contribution in [0.25, 0.3) is 21.3 Å². The van der Waals surface area contributed by atoms with E-state index in [1.807, 2.05) is 30.3 Å². The van der Waals surface area contributed by atoms with Gasteiger partial charge in [-0.15, -0.1) is 11.3 Å². The van der Waals surface area contributed by atoms with E-state index in [1.165, 1.54) is 28.7 Å². The molecule has 6 rings (SSSR count). The molecule has 1 aromatic carbocycles. The molecule has 1 aliphatic heterocycles. The van der Waals surface area contributed by atoms with E-state index in [1.54, 1.807) is 12.3 Å². The van der Waals surface area contributed by atoms with Crippen LogP contribution in [0.1, 0.15) is 72.6 Å². The van der Waals surface area contributed by atoms with Gasteiger partial charge in [0, 0.05) is 42.4 Å². The number of nitrogens with one attached hydrogen (secondary N) is 4. The molecule has 46 heavy (non-hydrogen) atoms. The predicted molar refractivity (Wildman–Crippen MR) is 180 cm³/mol. The number of aromatic amines is 1. The van der Waals surface area contributed by atoms with Crippen molar-refractivity contribution >= 4 is 39.8 Å². The number of fused-ring (bicyclic) bond motifs is 2. The summed E-state index contributed by atoms with van der Waals surface area (Å²) in [6.07, 6.45) is 6.01. The summed E-state index contributed by atoms with van der Waals surface area (Å²) in [5.74, 6) is 0.582. The molecule has 10 nitrogen and oxygen atoms in total. The van der Waals surface area contributed by atoms with Gasteiger partial charge in [-0.2, -0.15) is 0 Å². The van der Waals surface area contributed by atoms with Gasteiger partial charge in [-0.25, -0.2) is 4.98 Å². The lowest BCUT2D eigenvalue weighted by molar-refractivity contribution is -0.123. The van der Waals surface area contributed by atoms with Gasteiger partial charge in [-0.1, -0.05) is 45.0 Å². The number of pyridine rings is 2. The Bertz CT molecular complexity index is 1740. The fourth-order valence-corrected chi connectivity index (χ4v) is 7.14. The van der Waals surface area contributed by atoms with E-state index < -0.39 is 0 Å². The van der Waals surface area contributed by atoms with Crippen molar-refractivity contribution in [1.82, 2.24) is 25.9 Å². The third-order valence-corrected chi connectivity index (χ3v) is 9.94. The molecule has 2 aliphatic rings. The Balaban J connectivity index is 0.00000134. The third kappa shape index (κ3) is 8.07. The second-order valence-electron chi connectivity index (χ2n) is 13.0. The zero-order chi connectivity index (χ0) is 32.8. The lowest BCUT2D eigenvalue weighted by atomic mass is 9.71. The summed E-state index contributed by atoms with van der Waals surface area (Å²) >= 11 is 1.45. The van der Waals surface area contributed by atoms with Crippen molar-refractivity contribution in [1.29, 1.82) is 0 Å². The number of amides is 2. The van der Waals surface area contributed by atoms with E-state index in [0.717, 1.165) is 46.2 Å². The molecule has 1 saturated heterocycles. The summed E-state index contributed by atoms with van der Waals surface area (Å²) in [7, 11) is 0. The topological polar surface area (TPSA) is 153 Å². The maximum atomic E-state index is 13.6. The zero-order valence-electron chi connectivity index (χ0n) is 26.4. The van der Waals surface area contributed by atoms with E-state index in [4.69, 9.17) is 14.9 Å². The largest absolute Gasteiger partial charge is 0.483 e. The van der Waals surface area contributed by atoms with Crippen LogP contribution in [0.3, 0.4) is 0 Å². The molecule has 1 unspecified atom stereocenters. The van der Waals surface area contributed by atoms with E-state index in [9.17, 15) is 14.4 Å². The van der Waals surface area contributed by atoms with Crippen LogP contribution < -0.4 is 21.5 Å². The molecule has 0 radical (unpaired) electrons. The van der Waals surface area contributed by atoms with Crippen LogP contribution >= 0.6 is 11.3 Å². The number of carboxylic acid groups (broad SMARTS) is 1. The first-order valence-corrected chi connectivity index (χ1v) is 16.5. The van der Waals surface area contributed by atoms with Gasteiger partial charge in [-0.05, 0) is 84.0 Å². The monoisotopic (exact) mass is 643 g/mol. The van der Waals surface area contributed by atoms with E-state index >= 15 is 0 Å². The highest BCUT2D eigenvalue weighted by atomic mass is 32.1. The van der Waals surface area contributed by atoms with Crippen LogP contribution in [0.2, 0.25) is 0 Å². The number of thiophene rings is 1. The summed E-state index contributed by atoms with van der Waals surface area (Å²) in [6.45, 7) is 7.97. The molecular formula is C35H41N5O5S. The Labute approximate surface area is 272 Å². The van der Waals surface area contributed by atoms with Gasteiger partial charge >= 0.3 is 0 Å². The number of rotatable bonds is 8. The molecule has 0 bridgehead atoms. The number of benzene rings is 1. The van der Waals surface area contributed by atoms with Gasteiger partial charge in [-0.3, -0.25) is 19.2 Å². The average Bonchev–Trinajstić information content (AvgIpc) is 3.65. The lowest BCUT2D eigenvalue weighted by Crippen LogP contribution is -2.35. The quantitative estimate of drug-likeness (QED) is 0.172. The number of aryl methyl sites for hydroxylation is 1. The molecular weight excluding hydrogens is 602 g/mol. The van der Waals surface area contributed by atoms with Crippen LogP contribution in [-0.4, -0.2) is 52.5 Å². The van der Waals surface area contributed by atoms with Crippen molar-refractivity contribution in [2.24, 2.45) is 11.3 Å². The van der Waals surface area contributed by atoms with E-state index in [0.29, 0.717) is 36.7 Å². The van der Waals surface area contributed by atoms with E-state index in [-0.39, 0.29) is 41.3 Å². The SMILES string of the molecule is CC(C)(C)[C@H]1CCc2nc3sc(C(=O)N[C@H](CCNC4CNC(=O)C4)c4ccc(-c5ccc(=O)[nH]c5)cc4)cc3cc2C1.O=CO. The first-order valence-electron chi connectivity index (χ1n) is 15.6. The van der Waals surface area contributed by atoms with Crippen molar-refractivity contribution in [2.45, 2.75) is 65.0 Å². The van der Waals surface area contributed by atoms with Crippen LogP contribution in [-0.2, 0) is 22.4 Å². The molecule has 0 spiro atoms. The summed E-state index contributed by atoms with van der Waals surface area (Å²) in [4.78, 5) is 54.4. The minimum atomic E-state index is -0.250. The minimum absolute atomic E-state index is 0.0641.